The van der Waals surface area contributed by atoms with E-state index in [0.29, 0.717) is 5.13 Å². The van der Waals surface area contributed by atoms with Crippen LogP contribution in [-0.2, 0) is 9.84 Å². The second-order valence-corrected chi connectivity index (χ2v) is 7.31. The summed E-state index contributed by atoms with van der Waals surface area (Å²) in [5.41, 5.74) is 0.816. The van der Waals surface area contributed by atoms with Crippen LogP contribution in [0.2, 0.25) is 0 Å². The SMILES string of the molecule is O=C(Nc1nc2ccccc2s1)N[C@H]1C=CS(=O)(=O)C1. The molecule has 0 aliphatic carbocycles. The van der Waals surface area contributed by atoms with Crippen LogP contribution < -0.4 is 10.6 Å². The number of urea groups is 1. The van der Waals surface area contributed by atoms with Gasteiger partial charge in [0.2, 0.25) is 0 Å². The number of carbonyl (C=O) groups excluding carboxylic acids is 1. The molecule has 8 heteroatoms. The number of sulfone groups is 1. The van der Waals surface area contributed by atoms with Crippen molar-refractivity contribution in [3.8, 4) is 0 Å². The Morgan fingerprint density at radius 2 is 2.15 bits per heavy atom. The molecule has 104 valence electrons. The molecule has 0 fully saturated rings. The van der Waals surface area contributed by atoms with Crippen molar-refractivity contribution in [3.05, 3.63) is 35.7 Å². The van der Waals surface area contributed by atoms with Crippen molar-refractivity contribution in [2.75, 3.05) is 11.1 Å². The van der Waals surface area contributed by atoms with Crippen LogP contribution in [0.1, 0.15) is 0 Å². The Kier molecular flexibility index (Phi) is 3.19. The third-order valence-corrected chi connectivity index (χ3v) is 5.11. The van der Waals surface area contributed by atoms with Gasteiger partial charge in [-0.25, -0.2) is 18.2 Å². The summed E-state index contributed by atoms with van der Waals surface area (Å²) < 4.78 is 23.4. The standard InChI is InChI=1S/C12H11N3O3S2/c16-11(13-8-5-6-20(17,18)7-8)15-12-14-9-3-1-2-4-10(9)19-12/h1-6,8H,7H2,(H2,13,14,15,16)/t8-/m0/s1. The van der Waals surface area contributed by atoms with Crippen molar-refractivity contribution in [3.63, 3.8) is 0 Å². The first-order chi connectivity index (χ1) is 9.52. The van der Waals surface area contributed by atoms with E-state index in [1.54, 1.807) is 0 Å². The predicted octanol–water partition coefficient (Wildman–Crippen LogP) is 1.73. The molecule has 20 heavy (non-hydrogen) atoms. The largest absolute Gasteiger partial charge is 0.331 e. The zero-order valence-corrected chi connectivity index (χ0v) is 11.9. The lowest BCUT2D eigenvalue weighted by Gasteiger charge is -2.09. The smallest absolute Gasteiger partial charge is 0.321 e. The minimum absolute atomic E-state index is 0.0970. The lowest BCUT2D eigenvalue weighted by atomic mass is 10.3. The van der Waals surface area contributed by atoms with Crippen molar-refractivity contribution in [2.45, 2.75) is 6.04 Å². The van der Waals surface area contributed by atoms with Crippen molar-refractivity contribution in [2.24, 2.45) is 0 Å². The molecule has 0 unspecified atom stereocenters. The number of hydrogen-bond acceptors (Lipinski definition) is 5. The molecule has 2 aromatic rings. The zero-order valence-electron chi connectivity index (χ0n) is 10.2. The quantitative estimate of drug-likeness (QED) is 0.884. The van der Waals surface area contributed by atoms with E-state index in [1.165, 1.54) is 17.4 Å². The van der Waals surface area contributed by atoms with E-state index in [4.69, 9.17) is 0 Å². The molecular formula is C12H11N3O3S2. The van der Waals surface area contributed by atoms with E-state index in [9.17, 15) is 13.2 Å². The van der Waals surface area contributed by atoms with Crippen LogP contribution in [0.5, 0.6) is 0 Å². The highest BCUT2D eigenvalue weighted by Gasteiger charge is 2.23. The molecule has 1 atom stereocenters. The molecule has 0 spiro atoms. The van der Waals surface area contributed by atoms with Crippen molar-refractivity contribution >= 4 is 42.6 Å². The number of thiazole rings is 1. The molecule has 1 aromatic heterocycles. The second kappa shape index (κ2) is 4.88. The van der Waals surface area contributed by atoms with Gasteiger partial charge in [-0.1, -0.05) is 23.5 Å². The highest BCUT2D eigenvalue weighted by Crippen LogP contribution is 2.25. The van der Waals surface area contributed by atoms with Crippen molar-refractivity contribution in [1.29, 1.82) is 0 Å². The molecule has 0 saturated heterocycles. The molecule has 2 N–H and O–H groups in total. The Balaban J connectivity index is 1.66. The van der Waals surface area contributed by atoms with Gasteiger partial charge >= 0.3 is 6.03 Å². The summed E-state index contributed by atoms with van der Waals surface area (Å²) in [6.45, 7) is 0. The fraction of sp³-hybridized carbons (Fsp3) is 0.167. The molecule has 0 bridgehead atoms. The monoisotopic (exact) mass is 309 g/mol. The molecule has 0 radical (unpaired) electrons. The normalized spacial score (nSPS) is 20.1. The predicted molar refractivity (Wildman–Crippen MR) is 78.5 cm³/mol. The Morgan fingerprint density at radius 1 is 1.35 bits per heavy atom. The van der Waals surface area contributed by atoms with Crippen LogP contribution in [0.25, 0.3) is 10.2 Å². The number of hydrogen-bond donors (Lipinski definition) is 2. The van der Waals surface area contributed by atoms with Gasteiger partial charge in [-0.05, 0) is 18.2 Å². The van der Waals surface area contributed by atoms with Gasteiger partial charge < -0.3 is 5.32 Å². The third kappa shape index (κ3) is 2.81. The fourth-order valence-electron chi connectivity index (χ4n) is 1.89. The topological polar surface area (TPSA) is 88.2 Å². The first-order valence-electron chi connectivity index (χ1n) is 5.86. The Hall–Kier alpha value is -1.93. The van der Waals surface area contributed by atoms with E-state index < -0.39 is 21.9 Å². The maximum Gasteiger partial charge on any atom is 0.321 e. The number of rotatable bonds is 2. The lowest BCUT2D eigenvalue weighted by molar-refractivity contribution is 0.251. The molecule has 0 saturated carbocycles. The van der Waals surface area contributed by atoms with E-state index >= 15 is 0 Å². The molecule has 1 aliphatic rings. The average molecular weight is 309 g/mol. The number of nitrogens with one attached hydrogen (secondary N) is 2. The van der Waals surface area contributed by atoms with E-state index in [2.05, 4.69) is 15.6 Å². The molecule has 3 rings (SSSR count). The van der Waals surface area contributed by atoms with Gasteiger partial charge in [0.1, 0.15) is 0 Å². The number of amides is 2. The molecular weight excluding hydrogens is 298 g/mol. The number of fused-ring (bicyclic) bond motifs is 1. The Bertz CT molecular complexity index is 762. The first-order valence-corrected chi connectivity index (χ1v) is 8.39. The van der Waals surface area contributed by atoms with Crippen LogP contribution >= 0.6 is 11.3 Å². The maximum absolute atomic E-state index is 11.8. The summed E-state index contributed by atoms with van der Waals surface area (Å²) >= 11 is 1.36. The van der Waals surface area contributed by atoms with Crippen LogP contribution in [0, 0.1) is 0 Å². The first kappa shape index (κ1) is 13.1. The average Bonchev–Trinajstić information content (AvgIpc) is 2.91. The van der Waals surface area contributed by atoms with Gasteiger partial charge in [0.05, 0.1) is 22.0 Å². The third-order valence-electron chi connectivity index (χ3n) is 2.76. The Morgan fingerprint density at radius 3 is 2.85 bits per heavy atom. The number of nitrogens with zero attached hydrogens (tertiary/aromatic N) is 1. The van der Waals surface area contributed by atoms with Crippen LogP contribution in [0.4, 0.5) is 9.93 Å². The van der Waals surface area contributed by atoms with E-state index in [1.807, 2.05) is 24.3 Å². The summed E-state index contributed by atoms with van der Waals surface area (Å²) in [6, 6.07) is 6.60. The number of para-hydroxylation sites is 1. The van der Waals surface area contributed by atoms with Crippen LogP contribution in [-0.4, -0.2) is 31.2 Å². The van der Waals surface area contributed by atoms with E-state index in [-0.39, 0.29) is 5.75 Å². The number of carbonyl (C=O) groups is 1. The summed E-state index contributed by atoms with van der Waals surface area (Å²) in [4.78, 5) is 16.0. The second-order valence-electron chi connectivity index (χ2n) is 4.35. The minimum atomic E-state index is -3.17. The lowest BCUT2D eigenvalue weighted by Crippen LogP contribution is -2.38. The Labute approximate surface area is 119 Å². The fourth-order valence-corrected chi connectivity index (χ4v) is 3.99. The zero-order chi connectivity index (χ0) is 14.2. The number of benzene rings is 1. The molecule has 1 aliphatic heterocycles. The van der Waals surface area contributed by atoms with Crippen molar-refractivity contribution in [1.82, 2.24) is 10.3 Å². The van der Waals surface area contributed by atoms with Gasteiger partial charge in [0.15, 0.2) is 15.0 Å². The summed E-state index contributed by atoms with van der Waals surface area (Å²) in [7, 11) is -3.17. The van der Waals surface area contributed by atoms with Crippen LogP contribution in [0.15, 0.2) is 35.7 Å². The minimum Gasteiger partial charge on any atom is -0.331 e. The molecule has 2 heterocycles. The van der Waals surface area contributed by atoms with Crippen molar-refractivity contribution < 1.29 is 13.2 Å². The summed E-state index contributed by atoms with van der Waals surface area (Å²) in [5.74, 6) is -0.0970. The number of aromatic nitrogens is 1. The molecule has 1 aromatic carbocycles. The summed E-state index contributed by atoms with van der Waals surface area (Å²) in [6.07, 6.45) is 1.47. The number of anilines is 1. The van der Waals surface area contributed by atoms with Gasteiger partial charge in [-0.2, -0.15) is 0 Å². The highest BCUT2D eigenvalue weighted by atomic mass is 32.2. The van der Waals surface area contributed by atoms with Gasteiger partial charge in [-0.15, -0.1) is 0 Å². The van der Waals surface area contributed by atoms with Crippen LogP contribution in [0.3, 0.4) is 0 Å². The molecule has 2 amide bonds. The molecule has 6 nitrogen and oxygen atoms in total. The maximum atomic E-state index is 11.8. The summed E-state index contributed by atoms with van der Waals surface area (Å²) in [5, 5.41) is 6.79. The van der Waals surface area contributed by atoms with Gasteiger partial charge in [0.25, 0.3) is 0 Å². The van der Waals surface area contributed by atoms with Gasteiger partial charge in [0, 0.05) is 5.41 Å². The highest BCUT2D eigenvalue weighted by molar-refractivity contribution is 7.94. The van der Waals surface area contributed by atoms with Gasteiger partial charge in [-0.3, -0.25) is 5.32 Å². The van der Waals surface area contributed by atoms with E-state index in [0.717, 1.165) is 15.6 Å².